The molecule has 1 amide bonds. The van der Waals surface area contributed by atoms with Crippen LogP contribution in [-0.2, 0) is 4.79 Å². The Hall–Kier alpha value is -2.15. The maximum absolute atomic E-state index is 12.3. The Kier molecular flexibility index (Phi) is 4.83. The molecule has 1 aliphatic carbocycles. The predicted molar refractivity (Wildman–Crippen MR) is 97.5 cm³/mol. The summed E-state index contributed by atoms with van der Waals surface area (Å²) in [4.78, 5) is 26.4. The van der Waals surface area contributed by atoms with Gasteiger partial charge in [0.15, 0.2) is 0 Å². The highest BCUT2D eigenvalue weighted by molar-refractivity contribution is 5.87. The lowest BCUT2D eigenvalue weighted by Crippen LogP contribution is -2.50. The molecule has 0 aromatic carbocycles. The maximum atomic E-state index is 12.3. The largest absolute Gasteiger partial charge is 0.354 e. The van der Waals surface area contributed by atoms with Crippen molar-refractivity contribution in [2.75, 3.05) is 24.5 Å². The van der Waals surface area contributed by atoms with E-state index in [1.165, 1.54) is 25.7 Å². The molecule has 2 aliphatic rings. The van der Waals surface area contributed by atoms with E-state index in [0.29, 0.717) is 12.6 Å². The molecule has 1 atom stereocenters. The molecule has 2 aromatic rings. The van der Waals surface area contributed by atoms with Crippen molar-refractivity contribution in [2.24, 2.45) is 0 Å². The molecule has 2 aromatic heterocycles. The highest BCUT2D eigenvalue weighted by Crippen LogP contribution is 2.25. The van der Waals surface area contributed by atoms with Gasteiger partial charge < -0.3 is 20.5 Å². The van der Waals surface area contributed by atoms with Gasteiger partial charge in [-0.05, 0) is 31.7 Å². The smallest absolute Gasteiger partial charge is 0.234 e. The van der Waals surface area contributed by atoms with Crippen LogP contribution in [0.25, 0.3) is 11.0 Å². The molecule has 1 saturated heterocycles. The summed E-state index contributed by atoms with van der Waals surface area (Å²) < 4.78 is 0. The summed E-state index contributed by atoms with van der Waals surface area (Å²) in [6.07, 6.45) is 10.5. The molecule has 7 nitrogen and oxygen atoms in total. The number of H-pyrrole nitrogens is 1. The second-order valence-corrected chi connectivity index (χ2v) is 7.15. The van der Waals surface area contributed by atoms with Crippen LogP contribution in [0.1, 0.15) is 38.5 Å². The maximum Gasteiger partial charge on any atom is 0.234 e. The van der Waals surface area contributed by atoms with Gasteiger partial charge in [-0.15, -0.1) is 0 Å². The van der Waals surface area contributed by atoms with Gasteiger partial charge in [-0.3, -0.25) is 4.79 Å². The minimum Gasteiger partial charge on any atom is -0.354 e. The molecule has 25 heavy (non-hydrogen) atoms. The van der Waals surface area contributed by atoms with E-state index >= 15 is 0 Å². The van der Waals surface area contributed by atoms with Crippen LogP contribution in [0.4, 0.5) is 5.82 Å². The van der Waals surface area contributed by atoms with Gasteiger partial charge in [0.2, 0.25) is 5.91 Å². The van der Waals surface area contributed by atoms with Crippen LogP contribution in [0.5, 0.6) is 0 Å². The quantitative estimate of drug-likeness (QED) is 0.768. The zero-order chi connectivity index (χ0) is 17.1. The third kappa shape index (κ3) is 3.76. The van der Waals surface area contributed by atoms with E-state index in [1.54, 1.807) is 6.33 Å². The van der Waals surface area contributed by atoms with Gasteiger partial charge in [0.1, 0.15) is 17.8 Å². The average molecular weight is 342 g/mol. The number of fused-ring (bicyclic) bond motifs is 1. The summed E-state index contributed by atoms with van der Waals surface area (Å²) in [7, 11) is 0. The van der Waals surface area contributed by atoms with Crippen LogP contribution in [0.15, 0.2) is 18.6 Å². The lowest BCUT2D eigenvalue weighted by molar-refractivity contribution is -0.121. The molecule has 134 valence electrons. The monoisotopic (exact) mass is 342 g/mol. The summed E-state index contributed by atoms with van der Waals surface area (Å²) >= 11 is 0. The third-order valence-corrected chi connectivity index (χ3v) is 5.33. The molecule has 0 spiro atoms. The first-order chi connectivity index (χ1) is 12.3. The lowest BCUT2D eigenvalue weighted by Gasteiger charge is -2.34. The van der Waals surface area contributed by atoms with Crippen LogP contribution < -0.4 is 15.5 Å². The fourth-order valence-corrected chi connectivity index (χ4v) is 4.04. The highest BCUT2D eigenvalue weighted by Gasteiger charge is 2.24. The Labute approximate surface area is 147 Å². The summed E-state index contributed by atoms with van der Waals surface area (Å²) in [6, 6.07) is 2.71. The minimum absolute atomic E-state index is 0.105. The minimum atomic E-state index is 0.105. The van der Waals surface area contributed by atoms with Crippen molar-refractivity contribution < 1.29 is 4.79 Å². The number of piperidine rings is 1. The van der Waals surface area contributed by atoms with E-state index in [0.717, 1.165) is 42.8 Å². The Balaban J connectivity index is 1.34. The molecule has 0 unspecified atom stereocenters. The number of hydrogen-bond acceptors (Lipinski definition) is 5. The zero-order valence-corrected chi connectivity index (χ0v) is 14.5. The van der Waals surface area contributed by atoms with Crippen molar-refractivity contribution in [1.29, 1.82) is 0 Å². The normalized spacial score (nSPS) is 21.8. The van der Waals surface area contributed by atoms with Gasteiger partial charge in [0, 0.05) is 31.4 Å². The van der Waals surface area contributed by atoms with Gasteiger partial charge in [-0.1, -0.05) is 12.8 Å². The fraction of sp³-hybridized carbons (Fsp3) is 0.611. The number of anilines is 1. The van der Waals surface area contributed by atoms with E-state index in [4.69, 9.17) is 0 Å². The Morgan fingerprint density at radius 2 is 2.04 bits per heavy atom. The van der Waals surface area contributed by atoms with Crippen LogP contribution in [0.3, 0.4) is 0 Å². The molecule has 7 heteroatoms. The molecule has 3 heterocycles. The summed E-state index contributed by atoms with van der Waals surface area (Å²) in [6.45, 7) is 2.19. The van der Waals surface area contributed by atoms with Crippen LogP contribution in [-0.4, -0.2) is 52.6 Å². The van der Waals surface area contributed by atoms with E-state index in [-0.39, 0.29) is 11.9 Å². The number of rotatable bonds is 5. The molecular formula is C18H26N6O. The Bertz CT molecular complexity index is 723. The second-order valence-electron chi connectivity index (χ2n) is 7.15. The summed E-state index contributed by atoms with van der Waals surface area (Å²) in [5.41, 5.74) is 0.858. The highest BCUT2D eigenvalue weighted by atomic mass is 16.2. The fourth-order valence-electron chi connectivity index (χ4n) is 4.04. The molecule has 4 rings (SSSR count). The van der Waals surface area contributed by atoms with Crippen molar-refractivity contribution in [3.63, 3.8) is 0 Å². The second kappa shape index (κ2) is 7.39. The van der Waals surface area contributed by atoms with E-state index < -0.39 is 0 Å². The number of aromatic nitrogens is 3. The Morgan fingerprint density at radius 3 is 2.92 bits per heavy atom. The first-order valence-electron chi connectivity index (χ1n) is 9.35. The van der Waals surface area contributed by atoms with Crippen molar-refractivity contribution in [1.82, 2.24) is 25.6 Å². The number of hydrogen-bond donors (Lipinski definition) is 3. The number of carbonyl (C=O) groups excluding carboxylic acids is 1. The van der Waals surface area contributed by atoms with Crippen molar-refractivity contribution in [2.45, 2.75) is 50.6 Å². The van der Waals surface area contributed by atoms with E-state index in [9.17, 15) is 4.79 Å². The zero-order valence-electron chi connectivity index (χ0n) is 14.5. The topological polar surface area (TPSA) is 85.9 Å². The van der Waals surface area contributed by atoms with Crippen LogP contribution in [0, 0.1) is 0 Å². The molecule has 0 radical (unpaired) electrons. The van der Waals surface area contributed by atoms with Crippen molar-refractivity contribution in [3.05, 3.63) is 18.6 Å². The number of amides is 1. The standard InChI is InChI=1S/C18H26N6O/c25-16(10-20-13-4-1-2-5-13)23-14-6-3-9-24(11-14)18-15-7-8-19-17(15)21-12-22-18/h7-8,12-14,20H,1-6,9-11H2,(H,23,25)(H,19,21,22)/t14-/m0/s1. The summed E-state index contributed by atoms with van der Waals surface area (Å²) in [5.74, 6) is 1.06. The number of carbonyl (C=O) groups is 1. The molecular weight excluding hydrogens is 316 g/mol. The van der Waals surface area contributed by atoms with Gasteiger partial charge in [-0.2, -0.15) is 0 Å². The molecule has 0 bridgehead atoms. The van der Waals surface area contributed by atoms with Crippen molar-refractivity contribution in [3.8, 4) is 0 Å². The molecule has 1 saturated carbocycles. The average Bonchev–Trinajstić information content (AvgIpc) is 3.31. The Morgan fingerprint density at radius 1 is 1.20 bits per heavy atom. The predicted octanol–water partition coefficient (Wildman–Crippen LogP) is 1.58. The first kappa shape index (κ1) is 16.3. The number of nitrogens with zero attached hydrogens (tertiary/aromatic N) is 3. The number of aromatic amines is 1. The van der Waals surface area contributed by atoms with E-state index in [1.807, 2.05) is 12.3 Å². The number of nitrogens with one attached hydrogen (secondary N) is 3. The third-order valence-electron chi connectivity index (χ3n) is 5.33. The van der Waals surface area contributed by atoms with E-state index in [2.05, 4.69) is 30.5 Å². The SMILES string of the molecule is O=C(CNC1CCCC1)N[C@H]1CCCN(c2ncnc3[nH]ccc23)C1. The van der Waals surface area contributed by atoms with Gasteiger partial charge in [0.05, 0.1) is 11.9 Å². The van der Waals surface area contributed by atoms with Crippen LogP contribution in [0.2, 0.25) is 0 Å². The molecule has 3 N–H and O–H groups in total. The van der Waals surface area contributed by atoms with Gasteiger partial charge in [-0.25, -0.2) is 9.97 Å². The van der Waals surface area contributed by atoms with Crippen molar-refractivity contribution >= 4 is 22.8 Å². The molecule has 1 aliphatic heterocycles. The van der Waals surface area contributed by atoms with Gasteiger partial charge >= 0.3 is 0 Å². The molecule has 2 fully saturated rings. The first-order valence-corrected chi connectivity index (χ1v) is 9.35. The lowest BCUT2D eigenvalue weighted by atomic mass is 10.1. The summed E-state index contributed by atoms with van der Waals surface area (Å²) in [5, 5.41) is 7.61. The van der Waals surface area contributed by atoms with Crippen LogP contribution >= 0.6 is 0 Å². The van der Waals surface area contributed by atoms with Gasteiger partial charge in [0.25, 0.3) is 0 Å².